The van der Waals surface area contributed by atoms with Crippen molar-refractivity contribution in [3.63, 3.8) is 0 Å². The van der Waals surface area contributed by atoms with Gasteiger partial charge < -0.3 is 9.47 Å². The highest BCUT2D eigenvalue weighted by Gasteiger charge is 2.25. The van der Waals surface area contributed by atoms with E-state index in [4.69, 9.17) is 16.3 Å². The number of hydrogen-bond acceptors (Lipinski definition) is 7. The summed E-state index contributed by atoms with van der Waals surface area (Å²) in [6, 6.07) is 9.38. The summed E-state index contributed by atoms with van der Waals surface area (Å²) in [4.78, 5) is 23.3. The quantitative estimate of drug-likeness (QED) is 0.260. The number of amides is 1. The van der Waals surface area contributed by atoms with E-state index in [2.05, 4.69) is 36.2 Å². The minimum atomic E-state index is -0.639. The number of thioether (sulfide) groups is 1. The molecular weight excluding hydrogens is 513 g/mol. The molecule has 31 heavy (non-hydrogen) atoms. The Hall–Kier alpha value is -2.69. The first-order valence-electron chi connectivity index (χ1n) is 8.62. The van der Waals surface area contributed by atoms with E-state index in [0.717, 1.165) is 22.3 Å². The number of nitrogens with zero attached hydrogens (tertiary/aromatic N) is 2. The van der Waals surface area contributed by atoms with Crippen LogP contribution >= 0.6 is 39.3 Å². The molecule has 0 bridgehead atoms. The molecule has 0 atom stereocenters. The SMILES string of the molecule is COC(=O)/C=C1/S/C(=N\N=Cc2cc(Br)ccc2OCc2ccc(F)cc2Cl)NC1=O. The minimum Gasteiger partial charge on any atom is -0.488 e. The number of halogens is 3. The van der Waals surface area contributed by atoms with Gasteiger partial charge >= 0.3 is 5.97 Å². The van der Waals surface area contributed by atoms with Gasteiger partial charge in [-0.05, 0) is 42.1 Å². The topological polar surface area (TPSA) is 89.3 Å². The van der Waals surface area contributed by atoms with Crippen LogP contribution < -0.4 is 10.1 Å². The van der Waals surface area contributed by atoms with Crippen molar-refractivity contribution in [1.29, 1.82) is 0 Å². The Kier molecular flexibility index (Phi) is 7.83. The number of ether oxygens (including phenoxy) is 2. The van der Waals surface area contributed by atoms with Crippen molar-refractivity contribution in [2.24, 2.45) is 10.2 Å². The summed E-state index contributed by atoms with van der Waals surface area (Å²) < 4.78 is 24.3. The molecule has 0 saturated carbocycles. The molecule has 7 nitrogen and oxygen atoms in total. The fraction of sp³-hybridized carbons (Fsp3) is 0.100. The molecular formula is C20H14BrClFN3O4S. The summed E-state index contributed by atoms with van der Waals surface area (Å²) in [5.41, 5.74) is 1.24. The second-order valence-electron chi connectivity index (χ2n) is 5.94. The highest BCUT2D eigenvalue weighted by molar-refractivity contribution is 9.10. The Morgan fingerprint density at radius 2 is 2.13 bits per heavy atom. The van der Waals surface area contributed by atoms with Crippen molar-refractivity contribution in [2.45, 2.75) is 6.61 Å². The lowest BCUT2D eigenvalue weighted by atomic mass is 10.2. The van der Waals surface area contributed by atoms with E-state index in [-0.39, 0.29) is 21.7 Å². The average molecular weight is 527 g/mol. The van der Waals surface area contributed by atoms with Crippen molar-refractivity contribution in [2.75, 3.05) is 7.11 Å². The smallest absolute Gasteiger partial charge is 0.331 e. The number of hydrogen-bond donors (Lipinski definition) is 1. The molecule has 0 aromatic heterocycles. The molecule has 1 saturated heterocycles. The Morgan fingerprint density at radius 1 is 1.32 bits per heavy atom. The van der Waals surface area contributed by atoms with Crippen LogP contribution in [0, 0.1) is 5.82 Å². The van der Waals surface area contributed by atoms with Gasteiger partial charge in [-0.15, -0.1) is 5.10 Å². The molecule has 1 aliphatic heterocycles. The predicted molar refractivity (Wildman–Crippen MR) is 121 cm³/mol. The zero-order valence-electron chi connectivity index (χ0n) is 15.9. The van der Waals surface area contributed by atoms with Crippen molar-refractivity contribution in [1.82, 2.24) is 5.32 Å². The monoisotopic (exact) mass is 525 g/mol. The Bertz CT molecular complexity index is 1120. The van der Waals surface area contributed by atoms with Gasteiger partial charge in [-0.25, -0.2) is 9.18 Å². The summed E-state index contributed by atoms with van der Waals surface area (Å²) in [7, 11) is 1.22. The largest absolute Gasteiger partial charge is 0.488 e. The van der Waals surface area contributed by atoms with Crippen molar-refractivity contribution in [3.05, 3.63) is 73.8 Å². The highest BCUT2D eigenvalue weighted by Crippen LogP contribution is 2.26. The number of benzene rings is 2. The second kappa shape index (κ2) is 10.6. The zero-order chi connectivity index (χ0) is 22.4. The lowest BCUT2D eigenvalue weighted by molar-refractivity contribution is -0.135. The first kappa shape index (κ1) is 23.0. The van der Waals surface area contributed by atoms with Gasteiger partial charge in [0.2, 0.25) is 0 Å². The van der Waals surface area contributed by atoms with Crippen LogP contribution in [0.3, 0.4) is 0 Å². The average Bonchev–Trinajstić information content (AvgIpc) is 3.07. The maximum Gasteiger partial charge on any atom is 0.331 e. The fourth-order valence-corrected chi connectivity index (χ4v) is 3.67. The number of carbonyl (C=O) groups is 2. The standard InChI is InChI=1S/C20H14BrClFN3O4S/c1-29-18(27)8-17-19(28)25-20(31-17)26-24-9-12-6-13(21)3-5-16(12)30-10-11-2-4-14(23)7-15(11)22/h2-9H,10H2,1H3,(H,25,26,28)/b17-8+,24-9?. The third kappa shape index (κ3) is 6.39. The minimum absolute atomic E-state index is 0.129. The summed E-state index contributed by atoms with van der Waals surface area (Å²) in [5.74, 6) is -1.03. The molecule has 0 aliphatic carbocycles. The first-order chi connectivity index (χ1) is 14.9. The number of carbonyl (C=O) groups excluding carboxylic acids is 2. The van der Waals surface area contributed by atoms with Crippen LogP contribution in [-0.4, -0.2) is 30.4 Å². The van der Waals surface area contributed by atoms with Crippen LogP contribution in [0.15, 0.2) is 62.1 Å². The summed E-state index contributed by atoms with van der Waals surface area (Å²) in [6.07, 6.45) is 2.53. The second-order valence-corrected chi connectivity index (χ2v) is 8.30. The number of rotatable bonds is 6. The molecule has 2 aromatic rings. The molecule has 160 valence electrons. The van der Waals surface area contributed by atoms with Crippen molar-refractivity contribution < 1.29 is 23.5 Å². The van der Waals surface area contributed by atoms with Gasteiger partial charge in [0.05, 0.1) is 23.3 Å². The van der Waals surface area contributed by atoms with Crippen LogP contribution in [0.5, 0.6) is 5.75 Å². The van der Waals surface area contributed by atoms with Crippen LogP contribution in [0.25, 0.3) is 0 Å². The van der Waals surface area contributed by atoms with E-state index in [9.17, 15) is 14.0 Å². The summed E-state index contributed by atoms with van der Waals surface area (Å²) in [5, 5.41) is 10.9. The molecule has 2 aromatic carbocycles. The number of esters is 1. The van der Waals surface area contributed by atoms with Crippen LogP contribution in [0.4, 0.5) is 4.39 Å². The molecule has 1 amide bonds. The molecule has 1 aliphatic rings. The van der Waals surface area contributed by atoms with Crippen molar-refractivity contribution in [3.8, 4) is 5.75 Å². The Labute approximate surface area is 194 Å². The normalized spacial score (nSPS) is 16.2. The van der Waals surface area contributed by atoms with E-state index in [1.165, 1.54) is 25.5 Å². The van der Waals surface area contributed by atoms with Gasteiger partial charge in [0.25, 0.3) is 5.91 Å². The Morgan fingerprint density at radius 3 is 2.87 bits per heavy atom. The lowest BCUT2D eigenvalue weighted by Gasteiger charge is -2.10. The summed E-state index contributed by atoms with van der Waals surface area (Å²) >= 11 is 10.4. The molecule has 11 heteroatoms. The van der Waals surface area contributed by atoms with E-state index >= 15 is 0 Å². The Balaban J connectivity index is 1.73. The highest BCUT2D eigenvalue weighted by atomic mass is 79.9. The molecule has 3 rings (SSSR count). The molecule has 0 spiro atoms. The van der Waals surface area contributed by atoms with E-state index in [1.807, 2.05) is 0 Å². The van der Waals surface area contributed by atoms with Gasteiger partial charge in [-0.3, -0.25) is 10.1 Å². The lowest BCUT2D eigenvalue weighted by Crippen LogP contribution is -2.19. The fourth-order valence-electron chi connectivity index (χ4n) is 2.33. The number of amidine groups is 1. The van der Waals surface area contributed by atoms with Gasteiger partial charge in [-0.1, -0.05) is 33.6 Å². The van der Waals surface area contributed by atoms with Crippen LogP contribution in [0.1, 0.15) is 11.1 Å². The first-order valence-corrected chi connectivity index (χ1v) is 10.6. The van der Waals surface area contributed by atoms with Gasteiger partial charge in [0, 0.05) is 21.7 Å². The molecule has 1 N–H and O–H groups in total. The predicted octanol–water partition coefficient (Wildman–Crippen LogP) is 4.43. The number of methoxy groups -OCH3 is 1. The van der Waals surface area contributed by atoms with E-state index in [1.54, 1.807) is 24.3 Å². The van der Waals surface area contributed by atoms with Crippen LogP contribution in [-0.2, 0) is 20.9 Å². The third-order valence-corrected chi connectivity index (χ3v) is 5.56. The van der Waals surface area contributed by atoms with E-state index in [0.29, 0.717) is 16.9 Å². The van der Waals surface area contributed by atoms with E-state index < -0.39 is 17.7 Å². The van der Waals surface area contributed by atoms with Gasteiger partial charge in [0.1, 0.15) is 18.2 Å². The molecule has 0 unspecified atom stereocenters. The summed E-state index contributed by atoms with van der Waals surface area (Å²) in [6.45, 7) is 0.129. The van der Waals surface area contributed by atoms with Gasteiger partial charge in [0.15, 0.2) is 5.17 Å². The zero-order valence-corrected chi connectivity index (χ0v) is 19.1. The number of nitrogens with one attached hydrogen (secondary N) is 1. The molecule has 1 fully saturated rings. The molecule has 0 radical (unpaired) electrons. The van der Waals surface area contributed by atoms with Gasteiger partial charge in [-0.2, -0.15) is 5.10 Å². The van der Waals surface area contributed by atoms with Crippen molar-refractivity contribution >= 4 is 62.6 Å². The maximum atomic E-state index is 13.2. The van der Waals surface area contributed by atoms with Crippen LogP contribution in [0.2, 0.25) is 5.02 Å². The maximum absolute atomic E-state index is 13.2. The molecule has 1 heterocycles. The third-order valence-electron chi connectivity index (χ3n) is 3.82.